The maximum Gasteiger partial charge on any atom is 0.222 e. The minimum Gasteiger partial charge on any atom is -0.381 e. The van der Waals surface area contributed by atoms with E-state index in [2.05, 4.69) is 12.2 Å². The van der Waals surface area contributed by atoms with Crippen molar-refractivity contribution in [1.29, 1.82) is 0 Å². The van der Waals surface area contributed by atoms with Gasteiger partial charge in [0.25, 0.3) is 0 Å². The molecule has 1 N–H and O–H groups in total. The van der Waals surface area contributed by atoms with Crippen molar-refractivity contribution in [3.8, 4) is 0 Å². The molecular weight excluding hydrogens is 218 g/mol. The van der Waals surface area contributed by atoms with Crippen LogP contribution in [0.4, 0.5) is 0 Å². The van der Waals surface area contributed by atoms with Gasteiger partial charge in [0.15, 0.2) is 5.78 Å². The minimum absolute atomic E-state index is 0.0290. The van der Waals surface area contributed by atoms with Crippen LogP contribution in [0.3, 0.4) is 0 Å². The molecule has 1 atom stereocenters. The van der Waals surface area contributed by atoms with E-state index in [1.807, 2.05) is 6.92 Å². The predicted molar refractivity (Wildman–Crippen MR) is 67.9 cm³/mol. The molecule has 0 aromatic rings. The van der Waals surface area contributed by atoms with Crippen molar-refractivity contribution in [2.24, 2.45) is 0 Å². The van der Waals surface area contributed by atoms with Crippen molar-refractivity contribution in [1.82, 2.24) is 5.32 Å². The highest BCUT2D eigenvalue weighted by Crippen LogP contribution is 2.02. The Kier molecular flexibility index (Phi) is 9.72. The van der Waals surface area contributed by atoms with Crippen molar-refractivity contribution in [2.45, 2.75) is 58.9 Å². The zero-order valence-electron chi connectivity index (χ0n) is 11.3. The van der Waals surface area contributed by atoms with Crippen molar-refractivity contribution in [3.05, 3.63) is 0 Å². The smallest absolute Gasteiger partial charge is 0.222 e. The lowest BCUT2D eigenvalue weighted by Crippen LogP contribution is -2.40. The van der Waals surface area contributed by atoms with Crippen LogP contribution in [0, 0.1) is 0 Å². The lowest BCUT2D eigenvalue weighted by Gasteiger charge is -2.15. The third-order valence-corrected chi connectivity index (χ3v) is 2.49. The van der Waals surface area contributed by atoms with Gasteiger partial charge in [0.05, 0.1) is 12.6 Å². The molecule has 0 aromatic heterocycles. The molecule has 0 aliphatic rings. The van der Waals surface area contributed by atoms with Gasteiger partial charge in [-0.05, 0) is 19.8 Å². The Labute approximate surface area is 104 Å². The van der Waals surface area contributed by atoms with Gasteiger partial charge in [-0.25, -0.2) is 0 Å². The summed E-state index contributed by atoms with van der Waals surface area (Å²) in [5.41, 5.74) is 0. The quantitative estimate of drug-likeness (QED) is 0.598. The number of carbonyl (C=O) groups excluding carboxylic acids is 2. The standard InChI is InChI=1S/C13H25NO3/c1-4-6-7-12(11(3)15)14-13(16)8-10-17-9-5-2/h12H,4-10H2,1-3H3,(H,14,16)/t12-/m0/s1. The molecule has 1 amide bonds. The Morgan fingerprint density at radius 3 is 2.41 bits per heavy atom. The first-order valence-corrected chi connectivity index (χ1v) is 6.49. The molecule has 0 aliphatic heterocycles. The molecule has 0 fully saturated rings. The van der Waals surface area contributed by atoms with E-state index in [1.165, 1.54) is 6.92 Å². The molecule has 0 heterocycles. The average molecular weight is 243 g/mol. The Morgan fingerprint density at radius 1 is 1.18 bits per heavy atom. The van der Waals surface area contributed by atoms with Crippen LogP contribution in [0.5, 0.6) is 0 Å². The zero-order chi connectivity index (χ0) is 13.1. The number of unbranched alkanes of at least 4 members (excludes halogenated alkanes) is 1. The van der Waals surface area contributed by atoms with Gasteiger partial charge in [-0.1, -0.05) is 26.7 Å². The topological polar surface area (TPSA) is 55.4 Å². The fourth-order valence-corrected chi connectivity index (χ4v) is 1.46. The molecule has 4 nitrogen and oxygen atoms in total. The van der Waals surface area contributed by atoms with Gasteiger partial charge in [-0.2, -0.15) is 0 Å². The molecule has 0 spiro atoms. The Bertz CT molecular complexity index is 229. The van der Waals surface area contributed by atoms with Crippen LogP contribution in [0.15, 0.2) is 0 Å². The largest absolute Gasteiger partial charge is 0.381 e. The summed E-state index contributed by atoms with van der Waals surface area (Å²) in [6.07, 6.45) is 3.99. The highest BCUT2D eigenvalue weighted by molar-refractivity contribution is 5.87. The van der Waals surface area contributed by atoms with E-state index in [0.29, 0.717) is 19.6 Å². The molecule has 100 valence electrons. The van der Waals surface area contributed by atoms with Crippen molar-refractivity contribution >= 4 is 11.7 Å². The fraction of sp³-hybridized carbons (Fsp3) is 0.846. The molecule has 0 saturated heterocycles. The summed E-state index contributed by atoms with van der Waals surface area (Å²) in [5, 5.41) is 2.76. The van der Waals surface area contributed by atoms with E-state index < -0.39 is 0 Å². The highest BCUT2D eigenvalue weighted by atomic mass is 16.5. The van der Waals surface area contributed by atoms with Crippen molar-refractivity contribution in [3.63, 3.8) is 0 Å². The van der Waals surface area contributed by atoms with Crippen LogP contribution < -0.4 is 5.32 Å². The summed E-state index contributed by atoms with van der Waals surface area (Å²) in [4.78, 5) is 22.9. The zero-order valence-corrected chi connectivity index (χ0v) is 11.3. The van der Waals surface area contributed by atoms with E-state index >= 15 is 0 Å². The van der Waals surface area contributed by atoms with Crippen LogP contribution >= 0.6 is 0 Å². The van der Waals surface area contributed by atoms with Gasteiger partial charge in [-0.15, -0.1) is 0 Å². The number of ether oxygens (including phenoxy) is 1. The number of hydrogen-bond acceptors (Lipinski definition) is 3. The van der Waals surface area contributed by atoms with Crippen LogP contribution in [-0.4, -0.2) is 30.9 Å². The molecular formula is C13H25NO3. The number of rotatable bonds is 10. The number of Topliss-reactive ketones (excluding diaryl/α,β-unsaturated/α-hetero) is 1. The fourth-order valence-electron chi connectivity index (χ4n) is 1.46. The van der Waals surface area contributed by atoms with E-state index in [-0.39, 0.29) is 17.7 Å². The van der Waals surface area contributed by atoms with Gasteiger partial charge >= 0.3 is 0 Å². The van der Waals surface area contributed by atoms with Crippen molar-refractivity contribution < 1.29 is 14.3 Å². The molecule has 0 radical (unpaired) electrons. The third-order valence-electron chi connectivity index (χ3n) is 2.49. The van der Waals surface area contributed by atoms with Gasteiger partial charge in [-0.3, -0.25) is 9.59 Å². The Morgan fingerprint density at radius 2 is 1.88 bits per heavy atom. The van der Waals surface area contributed by atoms with Crippen LogP contribution in [0.25, 0.3) is 0 Å². The third kappa shape index (κ3) is 8.86. The number of amides is 1. The summed E-state index contributed by atoms with van der Waals surface area (Å²) in [6, 6.07) is -0.325. The summed E-state index contributed by atoms with van der Waals surface area (Å²) in [6.45, 7) is 6.72. The van der Waals surface area contributed by atoms with Gasteiger partial charge in [0, 0.05) is 13.0 Å². The number of nitrogens with one attached hydrogen (secondary N) is 1. The number of ketones is 1. The van der Waals surface area contributed by atoms with Gasteiger partial charge in [0.2, 0.25) is 5.91 Å². The first kappa shape index (κ1) is 16.1. The first-order valence-electron chi connectivity index (χ1n) is 6.49. The second-order valence-electron chi connectivity index (χ2n) is 4.24. The van der Waals surface area contributed by atoms with E-state index in [0.717, 1.165) is 25.7 Å². The molecule has 0 saturated carbocycles. The van der Waals surface area contributed by atoms with E-state index in [1.54, 1.807) is 0 Å². The number of hydrogen-bond donors (Lipinski definition) is 1. The van der Waals surface area contributed by atoms with Crippen molar-refractivity contribution in [2.75, 3.05) is 13.2 Å². The Balaban J connectivity index is 3.83. The lowest BCUT2D eigenvalue weighted by molar-refractivity contribution is -0.127. The van der Waals surface area contributed by atoms with Crippen LogP contribution in [-0.2, 0) is 14.3 Å². The molecule has 0 aromatic carbocycles. The molecule has 4 heteroatoms. The predicted octanol–water partition coefficient (Wildman–Crippen LogP) is 2.07. The first-order chi connectivity index (χ1) is 8.11. The maximum atomic E-state index is 11.5. The number of carbonyl (C=O) groups is 2. The SMILES string of the molecule is CCCC[C@H](NC(=O)CCOCCC)C(C)=O. The van der Waals surface area contributed by atoms with E-state index in [4.69, 9.17) is 4.74 Å². The summed E-state index contributed by atoms with van der Waals surface area (Å²) in [7, 11) is 0. The molecule has 0 unspecified atom stereocenters. The summed E-state index contributed by atoms with van der Waals surface area (Å²) >= 11 is 0. The normalized spacial score (nSPS) is 12.2. The lowest BCUT2D eigenvalue weighted by atomic mass is 10.1. The maximum absolute atomic E-state index is 11.5. The second-order valence-corrected chi connectivity index (χ2v) is 4.24. The van der Waals surface area contributed by atoms with Crippen LogP contribution in [0.1, 0.15) is 52.9 Å². The summed E-state index contributed by atoms with van der Waals surface area (Å²) < 4.78 is 5.23. The molecule has 17 heavy (non-hydrogen) atoms. The Hall–Kier alpha value is -0.900. The molecule has 0 bridgehead atoms. The molecule has 0 aliphatic carbocycles. The molecule has 0 rings (SSSR count). The van der Waals surface area contributed by atoms with Gasteiger partial charge in [0.1, 0.15) is 0 Å². The second kappa shape index (κ2) is 10.3. The summed E-state index contributed by atoms with van der Waals surface area (Å²) in [5.74, 6) is -0.0707. The van der Waals surface area contributed by atoms with Gasteiger partial charge < -0.3 is 10.1 Å². The van der Waals surface area contributed by atoms with E-state index in [9.17, 15) is 9.59 Å². The average Bonchev–Trinajstić information content (AvgIpc) is 2.29. The highest BCUT2D eigenvalue weighted by Gasteiger charge is 2.15. The minimum atomic E-state index is -0.325. The monoisotopic (exact) mass is 243 g/mol. The van der Waals surface area contributed by atoms with Crippen LogP contribution in [0.2, 0.25) is 0 Å².